The molecule has 1 atom stereocenters. The van der Waals surface area contributed by atoms with E-state index in [1.165, 1.54) is 0 Å². The molecular weight excluding hydrogens is 175 g/mol. The maximum absolute atomic E-state index is 14.0. The highest BCUT2D eigenvalue weighted by Gasteiger charge is 2.13. The molecule has 0 amide bonds. The number of rotatable bonds is 3. The molecule has 0 nitrogen and oxygen atoms in total. The predicted octanol–water partition coefficient (Wildman–Crippen LogP) is 4.21. The summed E-state index contributed by atoms with van der Waals surface area (Å²) in [5.41, 5.74) is 2.81. The molecule has 0 saturated heterocycles. The van der Waals surface area contributed by atoms with Crippen LogP contribution in [0.15, 0.2) is 12.1 Å². The molecule has 14 heavy (non-hydrogen) atoms. The van der Waals surface area contributed by atoms with E-state index in [1.54, 1.807) is 0 Å². The number of aryl methyl sites for hydroxylation is 1. The molecule has 0 saturated carbocycles. The molecular formula is C13H19F. The molecule has 1 aromatic carbocycles. The Balaban J connectivity index is 3.21. The first-order chi connectivity index (χ1) is 6.61. The first-order valence-electron chi connectivity index (χ1n) is 5.39. The maximum atomic E-state index is 14.0. The van der Waals surface area contributed by atoms with Gasteiger partial charge in [-0.3, -0.25) is 0 Å². The van der Waals surface area contributed by atoms with E-state index >= 15 is 0 Å². The van der Waals surface area contributed by atoms with Gasteiger partial charge in [0.25, 0.3) is 0 Å². The molecule has 1 rings (SSSR count). The van der Waals surface area contributed by atoms with Gasteiger partial charge >= 0.3 is 0 Å². The van der Waals surface area contributed by atoms with Crippen molar-refractivity contribution in [3.63, 3.8) is 0 Å². The Morgan fingerprint density at radius 1 is 1.29 bits per heavy atom. The maximum Gasteiger partial charge on any atom is 0.130 e. The van der Waals surface area contributed by atoms with Crippen LogP contribution in [0.2, 0.25) is 0 Å². The molecule has 0 aliphatic carbocycles. The van der Waals surface area contributed by atoms with Crippen molar-refractivity contribution < 1.29 is 4.39 Å². The van der Waals surface area contributed by atoms with Crippen molar-refractivity contribution in [3.8, 4) is 0 Å². The number of hydrogen-bond donors (Lipinski definition) is 0. The van der Waals surface area contributed by atoms with E-state index in [2.05, 4.69) is 13.8 Å². The first kappa shape index (κ1) is 11.2. The van der Waals surface area contributed by atoms with Crippen LogP contribution in [0.1, 0.15) is 49.8 Å². The second-order valence-electron chi connectivity index (χ2n) is 3.93. The fourth-order valence-corrected chi connectivity index (χ4v) is 1.77. The van der Waals surface area contributed by atoms with Crippen LogP contribution in [-0.2, 0) is 6.42 Å². The first-order valence-corrected chi connectivity index (χ1v) is 5.39. The van der Waals surface area contributed by atoms with Crippen molar-refractivity contribution >= 4 is 0 Å². The molecule has 0 N–H and O–H groups in total. The SMILES string of the molecule is CCc1c(C)ccc(C(C)CC)c1F. The normalized spacial score (nSPS) is 12.9. The molecule has 0 heterocycles. The molecule has 0 aliphatic rings. The average Bonchev–Trinajstić information content (AvgIpc) is 2.18. The Hall–Kier alpha value is -0.850. The van der Waals surface area contributed by atoms with Gasteiger partial charge in [0.15, 0.2) is 0 Å². The van der Waals surface area contributed by atoms with Crippen LogP contribution >= 0.6 is 0 Å². The number of halogens is 1. The standard InChI is InChI=1S/C13H19F/c1-5-9(3)12-8-7-10(4)11(6-2)13(12)14/h7-9H,5-6H2,1-4H3. The van der Waals surface area contributed by atoms with Crippen LogP contribution in [0.4, 0.5) is 4.39 Å². The van der Waals surface area contributed by atoms with Gasteiger partial charge in [0.05, 0.1) is 0 Å². The third-order valence-corrected chi connectivity index (χ3v) is 3.00. The highest BCUT2D eigenvalue weighted by atomic mass is 19.1. The fourth-order valence-electron chi connectivity index (χ4n) is 1.77. The van der Waals surface area contributed by atoms with Gasteiger partial charge in [0.1, 0.15) is 5.82 Å². The number of benzene rings is 1. The molecule has 0 spiro atoms. The van der Waals surface area contributed by atoms with Crippen LogP contribution in [0.5, 0.6) is 0 Å². The van der Waals surface area contributed by atoms with E-state index in [9.17, 15) is 4.39 Å². The highest BCUT2D eigenvalue weighted by molar-refractivity contribution is 5.34. The lowest BCUT2D eigenvalue weighted by atomic mass is 9.93. The van der Waals surface area contributed by atoms with Gasteiger partial charge in [-0.15, -0.1) is 0 Å². The molecule has 1 unspecified atom stereocenters. The van der Waals surface area contributed by atoms with E-state index in [4.69, 9.17) is 0 Å². The molecule has 78 valence electrons. The van der Waals surface area contributed by atoms with E-state index in [0.29, 0.717) is 5.92 Å². The third-order valence-electron chi connectivity index (χ3n) is 3.00. The van der Waals surface area contributed by atoms with E-state index in [1.807, 2.05) is 26.0 Å². The molecule has 1 aromatic rings. The van der Waals surface area contributed by atoms with Crippen LogP contribution < -0.4 is 0 Å². The summed E-state index contributed by atoms with van der Waals surface area (Å²) in [7, 11) is 0. The Kier molecular flexibility index (Phi) is 3.68. The molecule has 0 aliphatic heterocycles. The van der Waals surface area contributed by atoms with E-state index in [0.717, 1.165) is 29.5 Å². The highest BCUT2D eigenvalue weighted by Crippen LogP contribution is 2.26. The minimum Gasteiger partial charge on any atom is -0.206 e. The zero-order valence-electron chi connectivity index (χ0n) is 9.52. The summed E-state index contributed by atoms with van der Waals surface area (Å²) in [5.74, 6) is 0.336. The second kappa shape index (κ2) is 4.59. The van der Waals surface area contributed by atoms with Crippen LogP contribution in [0.25, 0.3) is 0 Å². The van der Waals surface area contributed by atoms with E-state index < -0.39 is 0 Å². The Morgan fingerprint density at radius 3 is 2.43 bits per heavy atom. The van der Waals surface area contributed by atoms with Crippen LogP contribution in [0, 0.1) is 12.7 Å². The Labute approximate surface area is 86.2 Å². The van der Waals surface area contributed by atoms with Crippen LogP contribution in [-0.4, -0.2) is 0 Å². The zero-order valence-corrected chi connectivity index (χ0v) is 9.52. The topological polar surface area (TPSA) is 0 Å². The Bertz CT molecular complexity index is 315. The van der Waals surface area contributed by atoms with E-state index in [-0.39, 0.29) is 5.82 Å². The summed E-state index contributed by atoms with van der Waals surface area (Å²) in [6.07, 6.45) is 1.77. The summed E-state index contributed by atoms with van der Waals surface area (Å²) in [5, 5.41) is 0. The lowest BCUT2D eigenvalue weighted by Crippen LogP contribution is -2.01. The summed E-state index contributed by atoms with van der Waals surface area (Å²) < 4.78 is 14.0. The fraction of sp³-hybridized carbons (Fsp3) is 0.538. The van der Waals surface area contributed by atoms with Crippen LogP contribution in [0.3, 0.4) is 0 Å². The van der Waals surface area contributed by atoms with Gasteiger partial charge in [-0.1, -0.05) is 32.9 Å². The summed E-state index contributed by atoms with van der Waals surface area (Å²) in [6.45, 7) is 8.15. The van der Waals surface area contributed by atoms with Crippen molar-refractivity contribution in [1.82, 2.24) is 0 Å². The van der Waals surface area contributed by atoms with Gasteiger partial charge in [-0.2, -0.15) is 0 Å². The second-order valence-corrected chi connectivity index (χ2v) is 3.93. The van der Waals surface area contributed by atoms with Gasteiger partial charge in [0.2, 0.25) is 0 Å². The van der Waals surface area contributed by atoms with Crippen molar-refractivity contribution in [2.75, 3.05) is 0 Å². The largest absolute Gasteiger partial charge is 0.206 e. The summed E-state index contributed by atoms with van der Waals surface area (Å²) in [6, 6.07) is 3.96. The zero-order chi connectivity index (χ0) is 10.7. The predicted molar refractivity (Wildman–Crippen MR) is 59.2 cm³/mol. The third kappa shape index (κ3) is 1.97. The molecule has 0 fully saturated rings. The van der Waals surface area contributed by atoms with Gasteiger partial charge in [0, 0.05) is 0 Å². The van der Waals surface area contributed by atoms with Crippen molar-refractivity contribution in [3.05, 3.63) is 34.6 Å². The van der Waals surface area contributed by atoms with Crippen molar-refractivity contribution in [1.29, 1.82) is 0 Å². The lowest BCUT2D eigenvalue weighted by molar-refractivity contribution is 0.569. The summed E-state index contributed by atoms with van der Waals surface area (Å²) >= 11 is 0. The molecule has 1 heteroatoms. The minimum atomic E-state index is 0.0156. The van der Waals surface area contributed by atoms with Crippen molar-refractivity contribution in [2.45, 2.75) is 46.5 Å². The molecule has 0 bridgehead atoms. The van der Waals surface area contributed by atoms with Gasteiger partial charge in [-0.05, 0) is 42.4 Å². The van der Waals surface area contributed by atoms with Crippen molar-refractivity contribution in [2.24, 2.45) is 0 Å². The lowest BCUT2D eigenvalue weighted by Gasteiger charge is -2.14. The smallest absolute Gasteiger partial charge is 0.130 e. The van der Waals surface area contributed by atoms with Gasteiger partial charge in [-0.25, -0.2) is 4.39 Å². The van der Waals surface area contributed by atoms with Gasteiger partial charge < -0.3 is 0 Å². The average molecular weight is 194 g/mol. The Morgan fingerprint density at radius 2 is 1.93 bits per heavy atom. The monoisotopic (exact) mass is 194 g/mol. The number of hydrogen-bond acceptors (Lipinski definition) is 0. The quantitative estimate of drug-likeness (QED) is 0.676. The summed E-state index contributed by atoms with van der Waals surface area (Å²) in [4.78, 5) is 0. The minimum absolute atomic E-state index is 0.0156. The molecule has 0 radical (unpaired) electrons. The molecule has 0 aromatic heterocycles.